The molecule has 3 heterocycles. The summed E-state index contributed by atoms with van der Waals surface area (Å²) in [6.07, 6.45) is 9.06. The molecule has 0 aliphatic carbocycles. The van der Waals surface area contributed by atoms with Crippen molar-refractivity contribution >= 4 is 22.7 Å². The molecule has 1 aliphatic heterocycles. The Hall–Kier alpha value is -3.02. The van der Waals surface area contributed by atoms with Crippen LogP contribution in [-0.2, 0) is 0 Å². The van der Waals surface area contributed by atoms with Gasteiger partial charge in [-0.3, -0.25) is 10.1 Å². The summed E-state index contributed by atoms with van der Waals surface area (Å²) in [4.78, 5) is 4.35. The number of aromatic nitrogens is 5. The van der Waals surface area contributed by atoms with Crippen LogP contribution in [0.1, 0.15) is 44.5 Å². The number of aromatic amines is 1. The molecule has 1 N–H and O–H groups in total. The van der Waals surface area contributed by atoms with Crippen molar-refractivity contribution in [2.24, 2.45) is 4.99 Å². The van der Waals surface area contributed by atoms with E-state index < -0.39 is 0 Å². The molecule has 0 fully saturated rings. The summed E-state index contributed by atoms with van der Waals surface area (Å²) in [6, 6.07) is 6.17. The summed E-state index contributed by atoms with van der Waals surface area (Å²) in [5, 5.41) is 17.3. The summed E-state index contributed by atoms with van der Waals surface area (Å²) < 4.78 is 1.84. The van der Waals surface area contributed by atoms with Gasteiger partial charge in [0.05, 0.1) is 29.6 Å². The van der Waals surface area contributed by atoms with E-state index in [1.807, 2.05) is 35.3 Å². The van der Waals surface area contributed by atoms with Crippen molar-refractivity contribution in [1.82, 2.24) is 25.2 Å². The minimum Gasteiger partial charge on any atom is -0.289 e. The number of benzene rings is 1. The zero-order valence-corrected chi connectivity index (χ0v) is 15.3. The van der Waals surface area contributed by atoms with E-state index in [-0.39, 0.29) is 0 Å². The molecule has 2 aromatic heterocycles. The zero-order valence-electron chi connectivity index (χ0n) is 15.3. The van der Waals surface area contributed by atoms with Crippen molar-refractivity contribution in [3.8, 4) is 5.69 Å². The highest BCUT2D eigenvalue weighted by Gasteiger charge is 2.13. The van der Waals surface area contributed by atoms with E-state index in [9.17, 15) is 0 Å². The molecule has 26 heavy (non-hydrogen) atoms. The third kappa shape index (κ3) is 2.98. The lowest BCUT2D eigenvalue weighted by atomic mass is 10.0. The molecule has 0 amide bonds. The second-order valence-electron chi connectivity index (χ2n) is 6.80. The average Bonchev–Trinajstić information content (AvgIpc) is 3.25. The number of nitrogens with zero attached hydrogens (tertiary/aromatic N) is 5. The molecule has 4 rings (SSSR count). The molecule has 0 bridgehead atoms. The highest BCUT2D eigenvalue weighted by atomic mass is 15.4. The number of allylic oxidation sites excluding steroid dienone is 3. The molecule has 3 aromatic rings. The van der Waals surface area contributed by atoms with Gasteiger partial charge in [-0.05, 0) is 37.6 Å². The van der Waals surface area contributed by atoms with E-state index in [1.165, 1.54) is 5.57 Å². The fourth-order valence-electron chi connectivity index (χ4n) is 3.04. The maximum Gasteiger partial charge on any atom is 0.100 e. The van der Waals surface area contributed by atoms with Crippen LogP contribution in [0.4, 0.5) is 0 Å². The molecule has 0 saturated carbocycles. The lowest BCUT2D eigenvalue weighted by Gasteiger charge is -2.03. The lowest BCUT2D eigenvalue weighted by Crippen LogP contribution is -1.95. The van der Waals surface area contributed by atoms with Crippen molar-refractivity contribution in [2.75, 3.05) is 6.54 Å². The van der Waals surface area contributed by atoms with Crippen LogP contribution in [0.3, 0.4) is 0 Å². The van der Waals surface area contributed by atoms with Gasteiger partial charge in [0, 0.05) is 23.1 Å². The summed E-state index contributed by atoms with van der Waals surface area (Å²) in [5.74, 6) is 0.403. The molecule has 0 spiro atoms. The van der Waals surface area contributed by atoms with Gasteiger partial charge in [-0.15, -0.1) is 5.10 Å². The highest BCUT2D eigenvalue weighted by Crippen LogP contribution is 2.27. The van der Waals surface area contributed by atoms with Gasteiger partial charge >= 0.3 is 0 Å². The van der Waals surface area contributed by atoms with Crippen LogP contribution < -0.4 is 0 Å². The van der Waals surface area contributed by atoms with Crippen molar-refractivity contribution in [1.29, 1.82) is 0 Å². The third-order valence-corrected chi connectivity index (χ3v) is 4.81. The van der Waals surface area contributed by atoms with Gasteiger partial charge in [0.2, 0.25) is 0 Å². The number of fused-ring (bicyclic) bond motifs is 1. The van der Waals surface area contributed by atoms with Crippen LogP contribution in [0.2, 0.25) is 0 Å². The number of rotatable bonds is 4. The monoisotopic (exact) mass is 346 g/mol. The van der Waals surface area contributed by atoms with Gasteiger partial charge in [0.25, 0.3) is 0 Å². The molecule has 0 radical (unpaired) electrons. The number of nitrogens with one attached hydrogen (secondary N) is 1. The Morgan fingerprint density at radius 3 is 3.04 bits per heavy atom. The van der Waals surface area contributed by atoms with Gasteiger partial charge in [-0.2, -0.15) is 5.10 Å². The van der Waals surface area contributed by atoms with Crippen LogP contribution in [0.25, 0.3) is 22.2 Å². The molecule has 1 atom stereocenters. The first-order valence-corrected chi connectivity index (χ1v) is 8.94. The molecule has 0 saturated heterocycles. The summed E-state index contributed by atoms with van der Waals surface area (Å²) in [7, 11) is 0. The first-order valence-electron chi connectivity index (χ1n) is 8.94. The average molecular weight is 346 g/mol. The fraction of sp³-hybridized carbons (Fsp3) is 0.300. The first kappa shape index (κ1) is 16.4. The number of hydrogen-bond donors (Lipinski definition) is 1. The molecule has 1 aromatic carbocycles. The second-order valence-corrected chi connectivity index (χ2v) is 6.80. The minimum atomic E-state index is 0.403. The number of H-pyrrole nitrogens is 1. The van der Waals surface area contributed by atoms with Crippen LogP contribution in [0.5, 0.6) is 0 Å². The molecular formula is C20H22N6. The van der Waals surface area contributed by atoms with Gasteiger partial charge < -0.3 is 0 Å². The quantitative estimate of drug-likeness (QED) is 0.774. The number of hydrogen-bond acceptors (Lipinski definition) is 4. The number of aliphatic imine (C=N–C) groups is 1. The summed E-state index contributed by atoms with van der Waals surface area (Å²) in [5.41, 5.74) is 6.20. The first-order chi connectivity index (χ1) is 12.7. The smallest absolute Gasteiger partial charge is 0.100 e. The van der Waals surface area contributed by atoms with E-state index in [0.29, 0.717) is 5.92 Å². The van der Waals surface area contributed by atoms with Crippen molar-refractivity contribution < 1.29 is 0 Å². The molecule has 6 nitrogen and oxygen atoms in total. The van der Waals surface area contributed by atoms with Crippen LogP contribution >= 0.6 is 0 Å². The van der Waals surface area contributed by atoms with Gasteiger partial charge in [-0.25, -0.2) is 4.68 Å². The molecule has 6 heteroatoms. The Bertz CT molecular complexity index is 1030. The maximum atomic E-state index is 4.53. The fourth-order valence-corrected chi connectivity index (χ4v) is 3.04. The largest absolute Gasteiger partial charge is 0.289 e. The van der Waals surface area contributed by atoms with Crippen LogP contribution in [0.15, 0.2) is 47.1 Å². The summed E-state index contributed by atoms with van der Waals surface area (Å²) in [6.45, 7) is 7.14. The van der Waals surface area contributed by atoms with Gasteiger partial charge in [0.1, 0.15) is 5.69 Å². The van der Waals surface area contributed by atoms with E-state index in [1.54, 1.807) is 0 Å². The lowest BCUT2D eigenvalue weighted by molar-refractivity contribution is 0.700. The SMILES string of the molecule is CCC(C)c1cn(-c2ccc3[nH]nc(C4=CC=NCC(C)=C4)c3c2)nn1. The van der Waals surface area contributed by atoms with E-state index in [0.717, 1.165) is 46.5 Å². The minimum absolute atomic E-state index is 0.403. The van der Waals surface area contributed by atoms with E-state index >= 15 is 0 Å². The predicted molar refractivity (Wildman–Crippen MR) is 105 cm³/mol. The molecule has 132 valence electrons. The van der Waals surface area contributed by atoms with E-state index in [2.05, 4.69) is 58.4 Å². The van der Waals surface area contributed by atoms with Gasteiger partial charge in [0.15, 0.2) is 0 Å². The Balaban J connectivity index is 1.78. The van der Waals surface area contributed by atoms with E-state index in [4.69, 9.17) is 0 Å². The highest BCUT2D eigenvalue weighted by molar-refractivity contribution is 5.98. The molecule has 1 aliphatic rings. The van der Waals surface area contributed by atoms with Crippen molar-refractivity contribution in [2.45, 2.75) is 33.1 Å². The molecular weight excluding hydrogens is 324 g/mol. The normalized spacial score (nSPS) is 15.7. The Morgan fingerprint density at radius 2 is 2.19 bits per heavy atom. The molecule has 1 unspecified atom stereocenters. The standard InChI is InChI=1S/C20H22N6/c1-4-14(3)19-12-26(25-23-19)16-5-6-18-17(10-16)20(24-22-18)15-7-8-21-11-13(2)9-15/h5-10,12,14H,4,11H2,1-3H3,(H,22,24). The summed E-state index contributed by atoms with van der Waals surface area (Å²) >= 11 is 0. The van der Waals surface area contributed by atoms with Gasteiger partial charge in [-0.1, -0.05) is 30.7 Å². The van der Waals surface area contributed by atoms with Crippen LogP contribution in [0, 0.1) is 0 Å². The van der Waals surface area contributed by atoms with Crippen LogP contribution in [-0.4, -0.2) is 38.0 Å². The Labute approximate surface area is 152 Å². The Morgan fingerprint density at radius 1 is 1.31 bits per heavy atom. The predicted octanol–water partition coefficient (Wildman–Crippen LogP) is 4.07. The Kier molecular flexibility index (Phi) is 4.24. The second kappa shape index (κ2) is 6.71. The topological polar surface area (TPSA) is 71.8 Å². The third-order valence-electron chi connectivity index (χ3n) is 4.81. The van der Waals surface area contributed by atoms with Crippen molar-refractivity contribution in [3.63, 3.8) is 0 Å². The maximum absolute atomic E-state index is 4.53. The zero-order chi connectivity index (χ0) is 18.1. The van der Waals surface area contributed by atoms with Crippen molar-refractivity contribution in [3.05, 3.63) is 53.5 Å².